The first kappa shape index (κ1) is 21.1. The Bertz CT molecular complexity index is 1120. The Morgan fingerprint density at radius 3 is 2.45 bits per heavy atom. The van der Waals surface area contributed by atoms with E-state index in [0.717, 1.165) is 10.4 Å². The second kappa shape index (κ2) is 8.95. The summed E-state index contributed by atoms with van der Waals surface area (Å²) in [5.74, 6) is -0.0732. The number of Topliss-reactive ketones (excluding diaryl/α,β-unsaturated/α-hetero) is 1. The number of aliphatic hydroxyl groups excluding tert-OH is 1. The van der Waals surface area contributed by atoms with E-state index in [-0.39, 0.29) is 11.4 Å². The fraction of sp³-hybridized carbons (Fsp3) is 0.217. The minimum absolute atomic E-state index is 0.141. The molecule has 3 aromatic rings. The molecule has 1 aliphatic heterocycles. The van der Waals surface area contributed by atoms with Crippen molar-refractivity contribution in [3.05, 3.63) is 79.9 Å². The third kappa shape index (κ3) is 3.96. The van der Waals surface area contributed by atoms with Gasteiger partial charge < -0.3 is 19.5 Å². The quantitative estimate of drug-likeness (QED) is 0.501. The van der Waals surface area contributed by atoms with Gasteiger partial charge in [0.25, 0.3) is 5.91 Å². The smallest absolute Gasteiger partial charge is 0.290 e. The summed E-state index contributed by atoms with van der Waals surface area (Å²) >= 11 is 2.75. The molecule has 0 radical (unpaired) electrons. The summed E-state index contributed by atoms with van der Waals surface area (Å²) < 4.78 is 10.6. The van der Waals surface area contributed by atoms with Gasteiger partial charge in [-0.25, -0.2) is 0 Å². The van der Waals surface area contributed by atoms with Gasteiger partial charge in [0.05, 0.1) is 30.7 Å². The Morgan fingerprint density at radius 1 is 1.06 bits per heavy atom. The molecule has 1 aliphatic rings. The summed E-state index contributed by atoms with van der Waals surface area (Å²) in [6.07, 6.45) is 0.529. The number of nitrogens with zero attached hydrogens (tertiary/aromatic N) is 1. The molecule has 4 rings (SSSR count). The number of hydrogen-bond donors (Lipinski definition) is 1. The van der Waals surface area contributed by atoms with Crippen molar-refractivity contribution in [3.8, 4) is 11.5 Å². The molecule has 160 valence electrons. The fourth-order valence-corrected chi connectivity index (χ4v) is 5.21. The fourth-order valence-electron chi connectivity index (χ4n) is 3.69. The molecule has 0 aliphatic carbocycles. The molecule has 0 unspecified atom stereocenters. The van der Waals surface area contributed by atoms with Crippen molar-refractivity contribution in [1.82, 2.24) is 4.90 Å². The average Bonchev–Trinajstić information content (AvgIpc) is 3.54. The molecule has 1 N–H and O–H groups in total. The molecule has 6 nitrogen and oxygen atoms in total. The van der Waals surface area contributed by atoms with E-state index in [9.17, 15) is 14.7 Å². The van der Waals surface area contributed by atoms with Gasteiger partial charge in [0.2, 0.25) is 5.78 Å². The van der Waals surface area contributed by atoms with Gasteiger partial charge in [-0.05, 0) is 47.0 Å². The number of thiophene rings is 2. The van der Waals surface area contributed by atoms with Gasteiger partial charge in [0.15, 0.2) is 17.3 Å². The predicted molar refractivity (Wildman–Crippen MR) is 120 cm³/mol. The van der Waals surface area contributed by atoms with E-state index < -0.39 is 17.7 Å². The molecule has 3 heterocycles. The van der Waals surface area contributed by atoms with Crippen molar-refractivity contribution in [2.24, 2.45) is 0 Å². The number of ether oxygens (including phenoxy) is 2. The maximum atomic E-state index is 13.1. The van der Waals surface area contributed by atoms with Crippen LogP contribution in [0.1, 0.15) is 26.2 Å². The molecule has 1 amide bonds. The first-order valence-electron chi connectivity index (χ1n) is 9.61. The SMILES string of the molecule is COc1ccc(CCN2C(=O)C(O)=C(C(=O)c3cccs3)[C@@H]2c2cccs2)cc1OC. The maximum Gasteiger partial charge on any atom is 0.290 e. The van der Waals surface area contributed by atoms with Gasteiger partial charge in [0, 0.05) is 11.4 Å². The van der Waals surface area contributed by atoms with E-state index in [1.54, 1.807) is 36.6 Å². The van der Waals surface area contributed by atoms with Crippen LogP contribution in [-0.2, 0) is 11.2 Å². The van der Waals surface area contributed by atoms with Crippen LogP contribution in [0.15, 0.2) is 64.6 Å². The summed E-state index contributed by atoms with van der Waals surface area (Å²) in [7, 11) is 3.15. The molecule has 8 heteroatoms. The first-order chi connectivity index (χ1) is 15.0. The lowest BCUT2D eigenvalue weighted by atomic mass is 10.0. The average molecular weight is 456 g/mol. The normalized spacial score (nSPS) is 16.1. The van der Waals surface area contributed by atoms with E-state index >= 15 is 0 Å². The van der Waals surface area contributed by atoms with E-state index in [1.807, 2.05) is 35.7 Å². The van der Waals surface area contributed by atoms with Gasteiger partial charge in [-0.3, -0.25) is 9.59 Å². The van der Waals surface area contributed by atoms with Gasteiger partial charge in [0.1, 0.15) is 0 Å². The van der Waals surface area contributed by atoms with Gasteiger partial charge in [-0.15, -0.1) is 22.7 Å². The predicted octanol–water partition coefficient (Wildman–Crippen LogP) is 4.65. The molecule has 0 saturated carbocycles. The third-order valence-corrected chi connectivity index (χ3v) is 6.99. The lowest BCUT2D eigenvalue weighted by molar-refractivity contribution is -0.129. The molecule has 0 saturated heterocycles. The van der Waals surface area contributed by atoms with Gasteiger partial charge in [-0.1, -0.05) is 18.2 Å². The highest BCUT2D eigenvalue weighted by atomic mass is 32.1. The monoisotopic (exact) mass is 455 g/mol. The second-order valence-corrected chi connectivity index (χ2v) is 8.85. The Morgan fingerprint density at radius 2 is 1.81 bits per heavy atom. The highest BCUT2D eigenvalue weighted by molar-refractivity contribution is 7.12. The van der Waals surface area contributed by atoms with Gasteiger partial charge >= 0.3 is 0 Å². The molecule has 0 spiro atoms. The highest BCUT2D eigenvalue weighted by Gasteiger charge is 2.44. The lowest BCUT2D eigenvalue weighted by Crippen LogP contribution is -2.32. The minimum Gasteiger partial charge on any atom is -0.503 e. The Labute approximate surface area is 188 Å². The highest BCUT2D eigenvalue weighted by Crippen LogP contribution is 2.41. The first-order valence-corrected chi connectivity index (χ1v) is 11.4. The standard InChI is InChI=1S/C23H21NO5S2/c1-28-15-8-7-14(13-16(15)29-2)9-10-24-20(17-5-3-11-30-17)19(22(26)23(24)27)21(25)18-6-4-12-31-18/h3-8,11-13,20,26H,9-10H2,1-2H3/t20-/m0/s1. The summed E-state index contributed by atoms with van der Waals surface area (Å²) in [6, 6.07) is 12.2. The van der Waals surface area contributed by atoms with Crippen LogP contribution in [-0.4, -0.2) is 42.5 Å². The van der Waals surface area contributed by atoms with Gasteiger partial charge in [-0.2, -0.15) is 0 Å². The van der Waals surface area contributed by atoms with Crippen LogP contribution in [0.4, 0.5) is 0 Å². The molecular weight excluding hydrogens is 434 g/mol. The largest absolute Gasteiger partial charge is 0.503 e. The van der Waals surface area contributed by atoms with Crippen LogP contribution in [0, 0.1) is 0 Å². The molecule has 0 bridgehead atoms. The van der Waals surface area contributed by atoms with Crippen LogP contribution in [0.3, 0.4) is 0 Å². The zero-order chi connectivity index (χ0) is 22.0. The van der Waals surface area contributed by atoms with E-state index in [2.05, 4.69) is 0 Å². The number of rotatable bonds is 8. The second-order valence-electron chi connectivity index (χ2n) is 6.92. The van der Waals surface area contributed by atoms with Crippen LogP contribution < -0.4 is 9.47 Å². The lowest BCUT2D eigenvalue weighted by Gasteiger charge is -2.25. The van der Waals surface area contributed by atoms with Crippen molar-refractivity contribution >= 4 is 34.4 Å². The minimum atomic E-state index is -0.609. The Kier molecular flexibility index (Phi) is 6.11. The summed E-state index contributed by atoms with van der Waals surface area (Å²) in [4.78, 5) is 29.0. The Hall–Kier alpha value is -3.10. The van der Waals surface area contributed by atoms with Crippen LogP contribution in [0.25, 0.3) is 0 Å². The summed E-state index contributed by atoms with van der Waals surface area (Å²) in [5, 5.41) is 14.4. The van der Waals surface area contributed by atoms with Crippen molar-refractivity contribution in [1.29, 1.82) is 0 Å². The van der Waals surface area contributed by atoms with Crippen molar-refractivity contribution in [2.45, 2.75) is 12.5 Å². The molecular formula is C23H21NO5S2. The van der Waals surface area contributed by atoms with Crippen LogP contribution in [0.5, 0.6) is 11.5 Å². The van der Waals surface area contributed by atoms with Crippen LogP contribution in [0.2, 0.25) is 0 Å². The number of methoxy groups -OCH3 is 2. The number of carbonyl (C=O) groups is 2. The number of benzene rings is 1. The molecule has 0 fully saturated rings. The summed E-state index contributed by atoms with van der Waals surface area (Å²) in [6.45, 7) is 0.335. The summed E-state index contributed by atoms with van der Waals surface area (Å²) in [5.41, 5.74) is 1.09. The van der Waals surface area contributed by atoms with Crippen molar-refractivity contribution in [3.63, 3.8) is 0 Å². The molecule has 1 atom stereocenters. The van der Waals surface area contributed by atoms with Crippen LogP contribution >= 0.6 is 22.7 Å². The molecule has 31 heavy (non-hydrogen) atoms. The molecule has 1 aromatic carbocycles. The van der Waals surface area contributed by atoms with E-state index in [4.69, 9.17) is 9.47 Å². The number of aliphatic hydroxyl groups is 1. The topological polar surface area (TPSA) is 76.1 Å². The van der Waals surface area contributed by atoms with Crippen molar-refractivity contribution < 1.29 is 24.2 Å². The zero-order valence-electron chi connectivity index (χ0n) is 17.0. The molecule has 2 aromatic heterocycles. The van der Waals surface area contributed by atoms with E-state index in [1.165, 1.54) is 22.7 Å². The number of hydrogen-bond acceptors (Lipinski definition) is 7. The number of amides is 1. The van der Waals surface area contributed by atoms with Crippen molar-refractivity contribution in [2.75, 3.05) is 20.8 Å². The van der Waals surface area contributed by atoms with E-state index in [0.29, 0.717) is 29.3 Å². The maximum absolute atomic E-state index is 13.1. The third-order valence-electron chi connectivity index (χ3n) is 5.20. The number of carbonyl (C=O) groups excluding carboxylic acids is 2. The zero-order valence-corrected chi connectivity index (χ0v) is 18.7. The Balaban J connectivity index is 1.63. The number of ketones is 1.